The van der Waals surface area contributed by atoms with E-state index in [4.69, 9.17) is 0 Å². The molecule has 0 bridgehead atoms. The van der Waals surface area contributed by atoms with Gasteiger partial charge in [0.15, 0.2) is 0 Å². The lowest BCUT2D eigenvalue weighted by Crippen LogP contribution is -2.54. The molecule has 2 aromatic carbocycles. The van der Waals surface area contributed by atoms with E-state index in [1.807, 2.05) is 61.3 Å². The number of rotatable bonds is 5. The standard InChI is InChI=1S/C21H27N3O2/c1-17(21(26)22(2)16-18-6-4-3-5-7-18)23-12-14-24(15-13-23)19-8-10-20(25)11-9-19/h3-11,17,25H,12-16H2,1-2H3/t17-/m1/s1. The number of hydrogen-bond acceptors (Lipinski definition) is 4. The summed E-state index contributed by atoms with van der Waals surface area (Å²) >= 11 is 0. The molecular weight excluding hydrogens is 326 g/mol. The first-order valence-electron chi connectivity index (χ1n) is 9.11. The predicted octanol–water partition coefficient (Wildman–Crippen LogP) is 2.56. The van der Waals surface area contributed by atoms with Crippen molar-refractivity contribution in [2.75, 3.05) is 38.1 Å². The Morgan fingerprint density at radius 1 is 1.04 bits per heavy atom. The normalized spacial score (nSPS) is 16.3. The zero-order valence-corrected chi connectivity index (χ0v) is 15.5. The first-order valence-corrected chi connectivity index (χ1v) is 9.11. The fourth-order valence-corrected chi connectivity index (χ4v) is 3.44. The number of phenolic OH excluding ortho intramolecular Hbond substituents is 1. The summed E-state index contributed by atoms with van der Waals surface area (Å²) in [6.07, 6.45) is 0. The van der Waals surface area contributed by atoms with Crippen LogP contribution < -0.4 is 4.90 Å². The monoisotopic (exact) mass is 353 g/mol. The molecule has 1 atom stereocenters. The summed E-state index contributed by atoms with van der Waals surface area (Å²) in [6.45, 7) is 6.10. The first-order chi connectivity index (χ1) is 12.5. The highest BCUT2D eigenvalue weighted by atomic mass is 16.3. The van der Waals surface area contributed by atoms with E-state index < -0.39 is 0 Å². The summed E-state index contributed by atoms with van der Waals surface area (Å²) < 4.78 is 0. The third-order valence-electron chi connectivity index (χ3n) is 5.07. The van der Waals surface area contributed by atoms with Crippen LogP contribution in [0.2, 0.25) is 0 Å². The average Bonchev–Trinajstić information content (AvgIpc) is 2.68. The summed E-state index contributed by atoms with van der Waals surface area (Å²) in [7, 11) is 1.87. The van der Waals surface area contributed by atoms with Crippen LogP contribution in [-0.4, -0.2) is 60.1 Å². The van der Waals surface area contributed by atoms with E-state index in [-0.39, 0.29) is 17.7 Å². The number of carbonyl (C=O) groups excluding carboxylic acids is 1. The highest BCUT2D eigenvalue weighted by molar-refractivity contribution is 5.81. The van der Waals surface area contributed by atoms with Crippen LogP contribution in [0.4, 0.5) is 5.69 Å². The second kappa shape index (κ2) is 8.23. The molecule has 5 heteroatoms. The quantitative estimate of drug-likeness (QED) is 0.897. The van der Waals surface area contributed by atoms with Gasteiger partial charge in [0.05, 0.1) is 6.04 Å². The minimum Gasteiger partial charge on any atom is -0.508 e. The molecule has 1 fully saturated rings. The van der Waals surface area contributed by atoms with Crippen LogP contribution in [0.25, 0.3) is 0 Å². The Hall–Kier alpha value is -2.53. The van der Waals surface area contributed by atoms with E-state index in [2.05, 4.69) is 9.80 Å². The summed E-state index contributed by atoms with van der Waals surface area (Å²) in [6, 6.07) is 17.3. The molecule has 1 saturated heterocycles. The van der Waals surface area contributed by atoms with Crippen molar-refractivity contribution < 1.29 is 9.90 Å². The van der Waals surface area contributed by atoms with E-state index in [9.17, 15) is 9.90 Å². The smallest absolute Gasteiger partial charge is 0.239 e. The zero-order chi connectivity index (χ0) is 18.5. The van der Waals surface area contributed by atoms with E-state index in [1.54, 1.807) is 12.1 Å². The van der Waals surface area contributed by atoms with Gasteiger partial charge in [-0.1, -0.05) is 30.3 Å². The Morgan fingerprint density at radius 3 is 2.27 bits per heavy atom. The highest BCUT2D eigenvalue weighted by Gasteiger charge is 2.27. The number of nitrogens with zero attached hydrogens (tertiary/aromatic N) is 3. The van der Waals surface area contributed by atoms with Gasteiger partial charge < -0.3 is 14.9 Å². The molecule has 0 aliphatic carbocycles. The molecule has 0 aromatic heterocycles. The lowest BCUT2D eigenvalue weighted by Gasteiger charge is -2.39. The lowest BCUT2D eigenvalue weighted by molar-refractivity contribution is -0.135. The molecule has 3 rings (SSSR count). The van der Waals surface area contributed by atoms with Crippen molar-refractivity contribution in [3.63, 3.8) is 0 Å². The van der Waals surface area contributed by atoms with Crippen molar-refractivity contribution in [3.05, 3.63) is 60.2 Å². The molecule has 0 spiro atoms. The molecule has 138 valence electrons. The molecule has 26 heavy (non-hydrogen) atoms. The number of amides is 1. The van der Waals surface area contributed by atoms with Crippen LogP contribution >= 0.6 is 0 Å². The van der Waals surface area contributed by atoms with Gasteiger partial charge in [0.1, 0.15) is 5.75 Å². The van der Waals surface area contributed by atoms with E-state index in [0.717, 1.165) is 37.4 Å². The molecule has 0 saturated carbocycles. The molecule has 1 aliphatic heterocycles. The van der Waals surface area contributed by atoms with E-state index in [0.29, 0.717) is 6.54 Å². The van der Waals surface area contributed by atoms with Crippen molar-refractivity contribution >= 4 is 11.6 Å². The van der Waals surface area contributed by atoms with Gasteiger partial charge in [-0.25, -0.2) is 0 Å². The minimum atomic E-state index is -0.120. The van der Waals surface area contributed by atoms with Crippen LogP contribution in [0.5, 0.6) is 5.75 Å². The maximum absolute atomic E-state index is 12.8. The molecule has 2 aromatic rings. The molecular formula is C21H27N3O2. The minimum absolute atomic E-state index is 0.120. The summed E-state index contributed by atoms with van der Waals surface area (Å²) in [4.78, 5) is 19.1. The summed E-state index contributed by atoms with van der Waals surface area (Å²) in [5.74, 6) is 0.444. The maximum Gasteiger partial charge on any atom is 0.239 e. The van der Waals surface area contributed by atoms with Gasteiger partial charge in [-0.15, -0.1) is 0 Å². The van der Waals surface area contributed by atoms with Crippen molar-refractivity contribution in [2.45, 2.75) is 19.5 Å². The van der Waals surface area contributed by atoms with Crippen molar-refractivity contribution in [3.8, 4) is 5.75 Å². The van der Waals surface area contributed by atoms with Crippen LogP contribution in [0, 0.1) is 0 Å². The van der Waals surface area contributed by atoms with Crippen LogP contribution in [-0.2, 0) is 11.3 Å². The van der Waals surface area contributed by atoms with Crippen LogP contribution in [0.15, 0.2) is 54.6 Å². The average molecular weight is 353 g/mol. The fourth-order valence-electron chi connectivity index (χ4n) is 3.44. The second-order valence-electron chi connectivity index (χ2n) is 6.90. The zero-order valence-electron chi connectivity index (χ0n) is 15.5. The Kier molecular flexibility index (Phi) is 5.78. The molecule has 1 N–H and O–H groups in total. The molecule has 1 amide bonds. The van der Waals surface area contributed by atoms with Gasteiger partial charge in [-0.2, -0.15) is 0 Å². The topological polar surface area (TPSA) is 47.0 Å². The third-order valence-corrected chi connectivity index (χ3v) is 5.07. The molecule has 1 aliphatic rings. The van der Waals surface area contributed by atoms with E-state index in [1.165, 1.54) is 0 Å². The SMILES string of the molecule is C[C@H](C(=O)N(C)Cc1ccccc1)N1CCN(c2ccc(O)cc2)CC1. The molecule has 1 heterocycles. The van der Waals surface area contributed by atoms with Crippen molar-refractivity contribution in [2.24, 2.45) is 0 Å². The van der Waals surface area contributed by atoms with E-state index >= 15 is 0 Å². The predicted molar refractivity (Wildman–Crippen MR) is 104 cm³/mol. The molecule has 0 radical (unpaired) electrons. The second-order valence-corrected chi connectivity index (χ2v) is 6.90. The number of likely N-dealkylation sites (N-methyl/N-ethyl adjacent to an activating group) is 1. The van der Waals surface area contributed by atoms with Crippen molar-refractivity contribution in [1.82, 2.24) is 9.80 Å². The Labute approximate surface area is 155 Å². The van der Waals surface area contributed by atoms with Crippen LogP contribution in [0.3, 0.4) is 0 Å². The number of piperazine rings is 1. The highest BCUT2D eigenvalue weighted by Crippen LogP contribution is 2.20. The third kappa shape index (κ3) is 4.35. The largest absolute Gasteiger partial charge is 0.508 e. The Balaban J connectivity index is 1.53. The molecule has 0 unspecified atom stereocenters. The van der Waals surface area contributed by atoms with Gasteiger partial charge in [-0.3, -0.25) is 9.69 Å². The summed E-state index contributed by atoms with van der Waals surface area (Å²) in [5, 5.41) is 9.42. The van der Waals surface area contributed by atoms with Crippen molar-refractivity contribution in [1.29, 1.82) is 0 Å². The Bertz CT molecular complexity index is 710. The fraction of sp³-hybridized carbons (Fsp3) is 0.381. The Morgan fingerprint density at radius 2 is 1.65 bits per heavy atom. The number of carbonyl (C=O) groups is 1. The van der Waals surface area contributed by atoms with Gasteiger partial charge in [0.2, 0.25) is 5.91 Å². The van der Waals surface area contributed by atoms with Gasteiger partial charge in [0, 0.05) is 45.5 Å². The number of aromatic hydroxyl groups is 1. The number of hydrogen-bond donors (Lipinski definition) is 1. The van der Waals surface area contributed by atoms with Gasteiger partial charge in [-0.05, 0) is 36.8 Å². The van der Waals surface area contributed by atoms with Gasteiger partial charge in [0.25, 0.3) is 0 Å². The molecule has 5 nitrogen and oxygen atoms in total. The first kappa shape index (κ1) is 18.3. The maximum atomic E-state index is 12.8. The van der Waals surface area contributed by atoms with Crippen LogP contribution in [0.1, 0.15) is 12.5 Å². The van der Waals surface area contributed by atoms with Gasteiger partial charge >= 0.3 is 0 Å². The number of phenols is 1. The lowest BCUT2D eigenvalue weighted by atomic mass is 10.1. The summed E-state index contributed by atoms with van der Waals surface area (Å²) in [5.41, 5.74) is 2.26. The number of benzene rings is 2. The number of anilines is 1.